The van der Waals surface area contributed by atoms with Gasteiger partial charge in [-0.25, -0.2) is 0 Å². The molecule has 9 heteroatoms. The fourth-order valence-corrected chi connectivity index (χ4v) is 4.09. The predicted octanol–water partition coefficient (Wildman–Crippen LogP) is 4.37. The highest BCUT2D eigenvalue weighted by atomic mass is 35.5. The second-order valence-corrected chi connectivity index (χ2v) is 8.01. The third-order valence-electron chi connectivity index (χ3n) is 3.48. The third-order valence-corrected chi connectivity index (χ3v) is 5.83. The number of benzene rings is 1. The van der Waals surface area contributed by atoms with E-state index >= 15 is 0 Å². The first kappa shape index (κ1) is 18.8. The zero-order chi connectivity index (χ0) is 18.4. The number of furan rings is 1. The van der Waals surface area contributed by atoms with E-state index in [1.807, 2.05) is 43.3 Å². The number of hydrogen-bond donors (Lipinski definition) is 2. The van der Waals surface area contributed by atoms with Crippen LogP contribution in [-0.2, 0) is 11.3 Å². The Labute approximate surface area is 164 Å². The fraction of sp³-hybridized carbons (Fsp3) is 0.235. The average molecular weight is 409 g/mol. The van der Waals surface area contributed by atoms with Gasteiger partial charge in [0.2, 0.25) is 11.0 Å². The van der Waals surface area contributed by atoms with E-state index < -0.39 is 0 Å². The molecule has 0 aliphatic heterocycles. The molecule has 0 radical (unpaired) electrons. The zero-order valence-electron chi connectivity index (χ0n) is 13.9. The normalized spacial score (nSPS) is 11.9. The average Bonchev–Trinajstić information content (AvgIpc) is 3.30. The van der Waals surface area contributed by atoms with Gasteiger partial charge in [0, 0.05) is 5.02 Å². The number of nitrogens with zero attached hydrogens (tertiary/aromatic N) is 2. The summed E-state index contributed by atoms with van der Waals surface area (Å²) in [5, 5.41) is 15.5. The molecule has 3 aromatic rings. The number of carbonyl (C=O) groups is 1. The quantitative estimate of drug-likeness (QED) is 0.539. The third kappa shape index (κ3) is 5.23. The molecule has 0 aliphatic carbocycles. The van der Waals surface area contributed by atoms with E-state index in [9.17, 15) is 4.79 Å². The number of halogens is 1. The Morgan fingerprint density at radius 1 is 1.31 bits per heavy atom. The topological polar surface area (TPSA) is 80.0 Å². The Kier molecular flexibility index (Phi) is 6.54. The Bertz CT molecular complexity index is 854. The van der Waals surface area contributed by atoms with E-state index in [0.717, 1.165) is 15.7 Å². The van der Waals surface area contributed by atoms with Crippen LogP contribution < -0.4 is 10.6 Å². The Balaban J connectivity index is 1.45. The first-order valence-electron chi connectivity index (χ1n) is 7.88. The molecule has 2 aromatic heterocycles. The highest BCUT2D eigenvalue weighted by Crippen LogP contribution is 2.26. The molecule has 0 bridgehead atoms. The molecule has 136 valence electrons. The maximum atomic E-state index is 12.2. The molecule has 3 rings (SSSR count). The second kappa shape index (κ2) is 9.07. The van der Waals surface area contributed by atoms with Crippen molar-refractivity contribution < 1.29 is 9.21 Å². The van der Waals surface area contributed by atoms with E-state index in [1.54, 1.807) is 6.26 Å². The molecule has 26 heavy (non-hydrogen) atoms. The molecule has 2 heterocycles. The molecular weight excluding hydrogens is 392 g/mol. The lowest BCUT2D eigenvalue weighted by molar-refractivity contribution is -0.119. The van der Waals surface area contributed by atoms with Crippen molar-refractivity contribution in [1.29, 1.82) is 0 Å². The molecule has 0 aliphatic rings. The molecule has 1 amide bonds. The van der Waals surface area contributed by atoms with Crippen LogP contribution >= 0.6 is 34.7 Å². The summed E-state index contributed by atoms with van der Waals surface area (Å²) in [5.74, 6) is 1.01. The van der Waals surface area contributed by atoms with Gasteiger partial charge in [0.1, 0.15) is 5.76 Å². The highest BCUT2D eigenvalue weighted by Gasteiger charge is 2.13. The van der Waals surface area contributed by atoms with Gasteiger partial charge in [0.15, 0.2) is 4.34 Å². The van der Waals surface area contributed by atoms with Gasteiger partial charge >= 0.3 is 0 Å². The van der Waals surface area contributed by atoms with Crippen molar-refractivity contribution in [3.8, 4) is 0 Å². The van der Waals surface area contributed by atoms with Crippen LogP contribution in [0.25, 0.3) is 0 Å². The lowest BCUT2D eigenvalue weighted by atomic mass is 10.1. The molecule has 0 unspecified atom stereocenters. The van der Waals surface area contributed by atoms with E-state index in [2.05, 4.69) is 20.8 Å². The maximum Gasteiger partial charge on any atom is 0.230 e. The first-order chi connectivity index (χ1) is 12.6. The molecule has 0 fully saturated rings. The molecule has 2 N–H and O–H groups in total. The van der Waals surface area contributed by atoms with Gasteiger partial charge in [-0.15, -0.1) is 10.2 Å². The Morgan fingerprint density at radius 3 is 2.92 bits per heavy atom. The smallest absolute Gasteiger partial charge is 0.230 e. The summed E-state index contributed by atoms with van der Waals surface area (Å²) in [7, 11) is 0. The molecule has 1 aromatic carbocycles. The number of aromatic nitrogens is 2. The van der Waals surface area contributed by atoms with Crippen LogP contribution in [0.3, 0.4) is 0 Å². The number of hydrogen-bond acceptors (Lipinski definition) is 7. The van der Waals surface area contributed by atoms with Gasteiger partial charge in [-0.2, -0.15) is 0 Å². The molecule has 1 atom stereocenters. The highest BCUT2D eigenvalue weighted by molar-refractivity contribution is 8.01. The van der Waals surface area contributed by atoms with Gasteiger partial charge in [-0.3, -0.25) is 4.79 Å². The van der Waals surface area contributed by atoms with Crippen LogP contribution in [0.1, 0.15) is 24.3 Å². The van der Waals surface area contributed by atoms with E-state index in [0.29, 0.717) is 16.7 Å². The summed E-state index contributed by atoms with van der Waals surface area (Å²) in [6.45, 7) is 2.45. The Morgan fingerprint density at radius 2 is 2.15 bits per heavy atom. The number of nitrogens with one attached hydrogen (secondary N) is 2. The van der Waals surface area contributed by atoms with Gasteiger partial charge in [0.25, 0.3) is 0 Å². The summed E-state index contributed by atoms with van der Waals surface area (Å²) < 4.78 is 5.98. The minimum absolute atomic E-state index is 0.0808. The van der Waals surface area contributed by atoms with Crippen molar-refractivity contribution >= 4 is 45.7 Å². The van der Waals surface area contributed by atoms with Crippen LogP contribution in [0.5, 0.6) is 0 Å². The van der Waals surface area contributed by atoms with Gasteiger partial charge in [-0.1, -0.05) is 52.9 Å². The van der Waals surface area contributed by atoms with Gasteiger partial charge in [0.05, 0.1) is 24.6 Å². The first-order valence-corrected chi connectivity index (χ1v) is 10.1. The molecule has 0 spiro atoms. The van der Waals surface area contributed by atoms with Crippen LogP contribution in [0.4, 0.5) is 5.13 Å². The predicted molar refractivity (Wildman–Crippen MR) is 105 cm³/mol. The maximum absolute atomic E-state index is 12.2. The van der Waals surface area contributed by atoms with Gasteiger partial charge in [-0.05, 0) is 30.7 Å². The summed E-state index contributed by atoms with van der Waals surface area (Å²) in [6, 6.07) is 11.0. The second-order valence-electron chi connectivity index (χ2n) is 5.41. The van der Waals surface area contributed by atoms with Crippen molar-refractivity contribution in [3.63, 3.8) is 0 Å². The zero-order valence-corrected chi connectivity index (χ0v) is 16.3. The summed E-state index contributed by atoms with van der Waals surface area (Å²) in [4.78, 5) is 12.2. The number of anilines is 1. The van der Waals surface area contributed by atoms with Crippen molar-refractivity contribution in [1.82, 2.24) is 15.5 Å². The van der Waals surface area contributed by atoms with E-state index in [4.69, 9.17) is 16.0 Å². The van der Waals surface area contributed by atoms with Crippen molar-refractivity contribution in [2.24, 2.45) is 0 Å². The summed E-state index contributed by atoms with van der Waals surface area (Å²) in [5.41, 5.74) is 0.896. The van der Waals surface area contributed by atoms with Crippen LogP contribution in [0.15, 0.2) is 51.4 Å². The number of carbonyl (C=O) groups excluding carboxylic acids is 1. The van der Waals surface area contributed by atoms with Crippen LogP contribution in [-0.4, -0.2) is 21.9 Å². The fourth-order valence-electron chi connectivity index (χ4n) is 2.23. The number of rotatable bonds is 8. The van der Waals surface area contributed by atoms with E-state index in [-0.39, 0.29) is 17.7 Å². The number of thioether (sulfide) groups is 1. The molecular formula is C17H17ClN4O2S2. The van der Waals surface area contributed by atoms with Crippen LogP contribution in [0, 0.1) is 0 Å². The molecule has 6 nitrogen and oxygen atoms in total. The SMILES string of the molecule is C[C@H](NC(=O)CSc1nnc(NCc2ccco2)s1)c1ccccc1Cl. The Hall–Kier alpha value is -2.03. The summed E-state index contributed by atoms with van der Waals surface area (Å²) in [6.07, 6.45) is 1.63. The summed E-state index contributed by atoms with van der Waals surface area (Å²) >= 11 is 8.91. The van der Waals surface area contributed by atoms with E-state index in [1.165, 1.54) is 23.1 Å². The molecule has 0 saturated carbocycles. The monoisotopic (exact) mass is 408 g/mol. The lowest BCUT2D eigenvalue weighted by Crippen LogP contribution is -2.28. The van der Waals surface area contributed by atoms with Gasteiger partial charge < -0.3 is 15.1 Å². The largest absolute Gasteiger partial charge is 0.467 e. The standard InChI is InChI=1S/C17H17ClN4O2S2/c1-11(13-6-2-3-7-14(13)18)20-15(23)10-25-17-22-21-16(26-17)19-9-12-5-4-8-24-12/h2-8,11H,9-10H2,1H3,(H,19,21)(H,20,23)/t11-/m0/s1. The van der Waals surface area contributed by atoms with Crippen molar-refractivity contribution in [2.75, 3.05) is 11.1 Å². The number of amides is 1. The van der Waals surface area contributed by atoms with Crippen molar-refractivity contribution in [3.05, 3.63) is 59.0 Å². The minimum Gasteiger partial charge on any atom is -0.467 e. The van der Waals surface area contributed by atoms with Crippen molar-refractivity contribution in [2.45, 2.75) is 23.8 Å². The lowest BCUT2D eigenvalue weighted by Gasteiger charge is -2.15. The minimum atomic E-state index is -0.156. The van der Waals surface area contributed by atoms with Crippen LogP contribution in [0.2, 0.25) is 5.02 Å². The molecule has 0 saturated heterocycles.